The van der Waals surface area contributed by atoms with E-state index < -0.39 is 6.10 Å². The maximum atomic E-state index is 10.6. The number of benzene rings is 3. The topological polar surface area (TPSA) is 50.7 Å². The molecule has 0 bridgehead atoms. The van der Waals surface area contributed by atoms with Crippen LogP contribution in [0.5, 0.6) is 11.5 Å². The molecule has 0 aliphatic rings. The third kappa shape index (κ3) is 5.62. The van der Waals surface area contributed by atoms with E-state index >= 15 is 0 Å². The second-order valence-corrected chi connectivity index (χ2v) is 7.69. The summed E-state index contributed by atoms with van der Waals surface area (Å²) >= 11 is 0. The highest BCUT2D eigenvalue weighted by Crippen LogP contribution is 2.30. The SMILES string of the molecule is COc1cc(CNCc2ccccc2)ccc1OC[C@@H](O)c1cc(C)c(C)cc1C. The van der Waals surface area contributed by atoms with Gasteiger partial charge in [0.05, 0.1) is 7.11 Å². The molecule has 3 aromatic rings. The van der Waals surface area contributed by atoms with Crippen LogP contribution in [-0.4, -0.2) is 18.8 Å². The molecule has 0 saturated carbocycles. The van der Waals surface area contributed by atoms with E-state index in [2.05, 4.69) is 37.4 Å². The molecule has 0 aromatic heterocycles. The number of hydrogen-bond donors (Lipinski definition) is 2. The van der Waals surface area contributed by atoms with Gasteiger partial charge in [0, 0.05) is 13.1 Å². The number of aryl methyl sites for hydroxylation is 3. The van der Waals surface area contributed by atoms with Gasteiger partial charge in [0.25, 0.3) is 0 Å². The lowest BCUT2D eigenvalue weighted by atomic mass is 9.97. The summed E-state index contributed by atoms with van der Waals surface area (Å²) in [6.07, 6.45) is -0.693. The van der Waals surface area contributed by atoms with E-state index in [-0.39, 0.29) is 6.61 Å². The Bertz CT molecular complexity index is 970. The molecule has 0 amide bonds. The van der Waals surface area contributed by atoms with E-state index in [1.807, 2.05) is 49.4 Å². The molecule has 0 fully saturated rings. The van der Waals surface area contributed by atoms with Crippen LogP contribution in [0.4, 0.5) is 0 Å². The van der Waals surface area contributed by atoms with Gasteiger partial charge in [-0.15, -0.1) is 0 Å². The van der Waals surface area contributed by atoms with Gasteiger partial charge in [0.1, 0.15) is 12.7 Å². The van der Waals surface area contributed by atoms with Crippen LogP contribution in [0.25, 0.3) is 0 Å². The monoisotopic (exact) mass is 405 g/mol. The lowest BCUT2D eigenvalue weighted by molar-refractivity contribution is 0.106. The first kappa shape index (κ1) is 21.9. The minimum atomic E-state index is -0.693. The van der Waals surface area contributed by atoms with Crippen LogP contribution in [0, 0.1) is 20.8 Å². The van der Waals surface area contributed by atoms with Crippen molar-refractivity contribution in [3.05, 3.63) is 94.0 Å². The van der Waals surface area contributed by atoms with Gasteiger partial charge in [-0.1, -0.05) is 48.5 Å². The molecule has 0 radical (unpaired) electrons. The van der Waals surface area contributed by atoms with Crippen molar-refractivity contribution in [3.63, 3.8) is 0 Å². The fraction of sp³-hybridized carbons (Fsp3) is 0.308. The lowest BCUT2D eigenvalue weighted by Crippen LogP contribution is -2.13. The molecule has 0 heterocycles. The summed E-state index contributed by atoms with van der Waals surface area (Å²) in [5.74, 6) is 1.29. The molecule has 0 aliphatic carbocycles. The fourth-order valence-corrected chi connectivity index (χ4v) is 3.49. The van der Waals surface area contributed by atoms with Gasteiger partial charge in [0.2, 0.25) is 0 Å². The average Bonchev–Trinajstić information content (AvgIpc) is 2.75. The Labute approximate surface area is 179 Å². The molecular formula is C26H31NO3. The Morgan fingerprint density at radius 2 is 1.50 bits per heavy atom. The zero-order chi connectivity index (χ0) is 21.5. The normalized spacial score (nSPS) is 11.9. The number of methoxy groups -OCH3 is 1. The van der Waals surface area contributed by atoms with Crippen LogP contribution in [0.1, 0.15) is 39.5 Å². The minimum Gasteiger partial charge on any atom is -0.493 e. The van der Waals surface area contributed by atoms with Gasteiger partial charge in [-0.25, -0.2) is 0 Å². The van der Waals surface area contributed by atoms with Crippen molar-refractivity contribution < 1.29 is 14.6 Å². The molecule has 4 nitrogen and oxygen atoms in total. The number of aliphatic hydroxyl groups excluding tert-OH is 1. The van der Waals surface area contributed by atoms with Gasteiger partial charge in [0.15, 0.2) is 11.5 Å². The van der Waals surface area contributed by atoms with Crippen molar-refractivity contribution in [2.24, 2.45) is 0 Å². The molecule has 2 N–H and O–H groups in total. The van der Waals surface area contributed by atoms with Gasteiger partial charge in [-0.05, 0) is 66.3 Å². The van der Waals surface area contributed by atoms with E-state index in [9.17, 15) is 5.11 Å². The largest absolute Gasteiger partial charge is 0.493 e. The van der Waals surface area contributed by atoms with Crippen LogP contribution in [0.2, 0.25) is 0 Å². The second kappa shape index (κ2) is 10.3. The van der Waals surface area contributed by atoms with E-state index in [0.717, 1.165) is 29.8 Å². The summed E-state index contributed by atoms with van der Waals surface area (Å²) in [5, 5.41) is 14.1. The predicted molar refractivity (Wildman–Crippen MR) is 121 cm³/mol. The average molecular weight is 406 g/mol. The quantitative estimate of drug-likeness (QED) is 0.525. The van der Waals surface area contributed by atoms with Gasteiger partial charge < -0.3 is 19.9 Å². The number of nitrogens with one attached hydrogen (secondary N) is 1. The van der Waals surface area contributed by atoms with Crippen molar-refractivity contribution in [2.75, 3.05) is 13.7 Å². The fourth-order valence-electron chi connectivity index (χ4n) is 3.49. The molecule has 0 aliphatic heterocycles. The summed E-state index contributed by atoms with van der Waals surface area (Å²) in [4.78, 5) is 0. The molecule has 0 saturated heterocycles. The maximum absolute atomic E-state index is 10.6. The molecule has 0 unspecified atom stereocenters. The summed E-state index contributed by atoms with van der Waals surface area (Å²) in [6, 6.07) is 20.3. The van der Waals surface area contributed by atoms with Gasteiger partial charge in [-0.2, -0.15) is 0 Å². The van der Waals surface area contributed by atoms with Crippen molar-refractivity contribution >= 4 is 0 Å². The Morgan fingerprint density at radius 3 is 2.23 bits per heavy atom. The summed E-state index contributed by atoms with van der Waals surface area (Å²) in [6.45, 7) is 7.86. The van der Waals surface area contributed by atoms with Crippen molar-refractivity contribution in [1.82, 2.24) is 5.32 Å². The minimum absolute atomic E-state index is 0.172. The summed E-state index contributed by atoms with van der Waals surface area (Å²) < 4.78 is 11.4. The molecule has 158 valence electrons. The van der Waals surface area contributed by atoms with Crippen LogP contribution in [-0.2, 0) is 13.1 Å². The van der Waals surface area contributed by atoms with Crippen LogP contribution in [0.3, 0.4) is 0 Å². The van der Waals surface area contributed by atoms with Crippen molar-refractivity contribution in [2.45, 2.75) is 40.0 Å². The number of aliphatic hydroxyl groups is 1. The zero-order valence-electron chi connectivity index (χ0n) is 18.2. The van der Waals surface area contributed by atoms with Crippen LogP contribution in [0.15, 0.2) is 60.7 Å². The maximum Gasteiger partial charge on any atom is 0.161 e. The van der Waals surface area contributed by atoms with Gasteiger partial charge >= 0.3 is 0 Å². The zero-order valence-corrected chi connectivity index (χ0v) is 18.2. The Morgan fingerprint density at radius 1 is 0.800 bits per heavy atom. The van der Waals surface area contributed by atoms with Gasteiger partial charge in [-0.3, -0.25) is 0 Å². The smallest absolute Gasteiger partial charge is 0.161 e. The highest BCUT2D eigenvalue weighted by Gasteiger charge is 2.14. The van der Waals surface area contributed by atoms with Crippen LogP contribution >= 0.6 is 0 Å². The standard InChI is InChI=1S/C26H31NO3/c1-18-12-20(3)23(13-19(18)2)24(28)17-30-25-11-10-22(14-26(25)29-4)16-27-15-21-8-6-5-7-9-21/h5-14,24,27-28H,15-17H2,1-4H3/t24-/m1/s1. The molecular weight excluding hydrogens is 374 g/mol. The molecule has 1 atom stereocenters. The Hall–Kier alpha value is -2.82. The first-order valence-corrected chi connectivity index (χ1v) is 10.3. The van der Waals surface area contributed by atoms with Crippen molar-refractivity contribution in [1.29, 1.82) is 0 Å². The predicted octanol–water partition coefficient (Wildman–Crippen LogP) is 5.02. The molecule has 0 spiro atoms. The first-order chi connectivity index (χ1) is 14.5. The molecule has 4 heteroatoms. The molecule has 30 heavy (non-hydrogen) atoms. The molecule has 3 rings (SSSR count). The number of ether oxygens (including phenoxy) is 2. The highest BCUT2D eigenvalue weighted by molar-refractivity contribution is 5.43. The Balaban J connectivity index is 1.60. The summed E-state index contributed by atoms with van der Waals surface area (Å²) in [7, 11) is 1.63. The highest BCUT2D eigenvalue weighted by atomic mass is 16.5. The lowest BCUT2D eigenvalue weighted by Gasteiger charge is -2.18. The van der Waals surface area contributed by atoms with Crippen molar-refractivity contribution in [3.8, 4) is 11.5 Å². The third-order valence-electron chi connectivity index (χ3n) is 5.37. The summed E-state index contributed by atoms with van der Waals surface area (Å²) in [5.41, 5.74) is 6.72. The van der Waals surface area contributed by atoms with E-state index in [1.165, 1.54) is 16.7 Å². The van der Waals surface area contributed by atoms with E-state index in [1.54, 1.807) is 7.11 Å². The first-order valence-electron chi connectivity index (χ1n) is 10.3. The molecule has 3 aromatic carbocycles. The number of rotatable bonds is 9. The van der Waals surface area contributed by atoms with E-state index in [4.69, 9.17) is 9.47 Å². The third-order valence-corrected chi connectivity index (χ3v) is 5.37. The van der Waals surface area contributed by atoms with Crippen LogP contribution < -0.4 is 14.8 Å². The second-order valence-electron chi connectivity index (χ2n) is 7.69. The number of hydrogen-bond acceptors (Lipinski definition) is 4. The van der Waals surface area contributed by atoms with E-state index in [0.29, 0.717) is 11.5 Å². The Kier molecular flexibility index (Phi) is 7.50.